The normalized spacial score (nSPS) is 16.5. The fourth-order valence-electron chi connectivity index (χ4n) is 2.52. The molecule has 0 unspecified atom stereocenters. The third kappa shape index (κ3) is 3.84. The van der Waals surface area contributed by atoms with E-state index in [-0.39, 0.29) is 0 Å². The van der Waals surface area contributed by atoms with Gasteiger partial charge < -0.3 is 4.74 Å². The van der Waals surface area contributed by atoms with Crippen molar-refractivity contribution in [2.24, 2.45) is 5.92 Å². The van der Waals surface area contributed by atoms with Crippen LogP contribution < -0.4 is 4.74 Å². The van der Waals surface area contributed by atoms with Crippen molar-refractivity contribution in [2.45, 2.75) is 38.5 Å². The Kier molecular flexibility index (Phi) is 5.24. The molecule has 3 heteroatoms. The predicted molar refractivity (Wildman–Crippen MR) is 76.2 cm³/mol. The second kappa shape index (κ2) is 6.93. The molecular weight excluding hydrogens is 292 g/mol. The molecule has 98 valence electrons. The minimum Gasteiger partial charge on any atom is -0.492 e. The summed E-state index contributed by atoms with van der Waals surface area (Å²) in [4.78, 5) is 10.6. The summed E-state index contributed by atoms with van der Waals surface area (Å²) in [5, 5.41) is 0. The van der Waals surface area contributed by atoms with Gasteiger partial charge in [0.05, 0.1) is 11.1 Å². The maximum atomic E-state index is 10.6. The van der Waals surface area contributed by atoms with Crippen molar-refractivity contribution in [1.82, 2.24) is 0 Å². The van der Waals surface area contributed by atoms with E-state index in [1.807, 2.05) is 6.07 Å². The van der Waals surface area contributed by atoms with Gasteiger partial charge in [-0.15, -0.1) is 0 Å². The Hall–Kier alpha value is -0.830. The predicted octanol–water partition coefficient (Wildman–Crippen LogP) is 4.61. The smallest absolute Gasteiger partial charge is 0.150 e. The number of ether oxygens (including phenoxy) is 1. The van der Waals surface area contributed by atoms with Crippen LogP contribution in [0.15, 0.2) is 22.7 Å². The number of carbonyl (C=O) groups is 1. The molecule has 2 nitrogen and oxygen atoms in total. The first-order chi connectivity index (χ1) is 8.79. The summed E-state index contributed by atoms with van der Waals surface area (Å²) < 4.78 is 6.63. The largest absolute Gasteiger partial charge is 0.492 e. The summed E-state index contributed by atoms with van der Waals surface area (Å²) >= 11 is 3.43. The Morgan fingerprint density at radius 1 is 1.28 bits per heavy atom. The fraction of sp³-hybridized carbons (Fsp3) is 0.533. The molecule has 2 rings (SSSR count). The van der Waals surface area contributed by atoms with Gasteiger partial charge in [0.25, 0.3) is 0 Å². The lowest BCUT2D eigenvalue weighted by Crippen LogP contribution is -2.10. The molecule has 0 N–H and O–H groups in total. The van der Waals surface area contributed by atoms with Crippen molar-refractivity contribution in [3.63, 3.8) is 0 Å². The van der Waals surface area contributed by atoms with Crippen LogP contribution in [0.4, 0.5) is 0 Å². The van der Waals surface area contributed by atoms with Crippen molar-refractivity contribution in [3.8, 4) is 5.75 Å². The Labute approximate surface area is 117 Å². The van der Waals surface area contributed by atoms with Gasteiger partial charge in [-0.05, 0) is 46.5 Å². The molecule has 1 aromatic carbocycles. The van der Waals surface area contributed by atoms with Crippen LogP contribution in [-0.2, 0) is 0 Å². The van der Waals surface area contributed by atoms with E-state index in [4.69, 9.17) is 4.74 Å². The monoisotopic (exact) mass is 310 g/mol. The van der Waals surface area contributed by atoms with Crippen LogP contribution in [0.25, 0.3) is 0 Å². The van der Waals surface area contributed by atoms with E-state index >= 15 is 0 Å². The number of carbonyl (C=O) groups excluding carboxylic acids is 1. The molecule has 0 spiro atoms. The van der Waals surface area contributed by atoms with Crippen LogP contribution >= 0.6 is 15.9 Å². The van der Waals surface area contributed by atoms with Gasteiger partial charge in [0.15, 0.2) is 0 Å². The molecule has 0 atom stereocenters. The van der Waals surface area contributed by atoms with Crippen LogP contribution in [0.2, 0.25) is 0 Å². The number of hydrogen-bond donors (Lipinski definition) is 0. The topological polar surface area (TPSA) is 26.3 Å². The zero-order chi connectivity index (χ0) is 12.8. The highest BCUT2D eigenvalue weighted by atomic mass is 79.9. The molecule has 0 radical (unpaired) electrons. The Balaban J connectivity index is 1.80. The lowest BCUT2D eigenvalue weighted by atomic mass is 9.87. The van der Waals surface area contributed by atoms with Crippen molar-refractivity contribution in [1.29, 1.82) is 0 Å². The minimum absolute atomic E-state index is 0.668. The second-order valence-corrected chi connectivity index (χ2v) is 5.80. The van der Waals surface area contributed by atoms with Crippen molar-refractivity contribution in [2.75, 3.05) is 6.61 Å². The maximum absolute atomic E-state index is 10.6. The summed E-state index contributed by atoms with van der Waals surface area (Å²) in [7, 11) is 0. The van der Waals surface area contributed by atoms with Gasteiger partial charge in [-0.2, -0.15) is 0 Å². The van der Waals surface area contributed by atoms with E-state index in [1.54, 1.807) is 12.1 Å². The van der Waals surface area contributed by atoms with Gasteiger partial charge >= 0.3 is 0 Å². The number of aldehydes is 1. The zero-order valence-corrected chi connectivity index (χ0v) is 12.1. The Morgan fingerprint density at radius 3 is 2.72 bits per heavy atom. The van der Waals surface area contributed by atoms with E-state index in [9.17, 15) is 4.79 Å². The van der Waals surface area contributed by atoms with Crippen molar-refractivity contribution in [3.05, 3.63) is 28.2 Å². The quantitative estimate of drug-likeness (QED) is 0.742. The molecule has 1 aromatic rings. The summed E-state index contributed by atoms with van der Waals surface area (Å²) in [5.74, 6) is 1.67. The number of rotatable bonds is 5. The lowest BCUT2D eigenvalue weighted by molar-refractivity contribution is 0.112. The van der Waals surface area contributed by atoms with Crippen molar-refractivity contribution >= 4 is 22.2 Å². The average molecular weight is 311 g/mol. The van der Waals surface area contributed by atoms with Gasteiger partial charge in [-0.1, -0.05) is 32.1 Å². The van der Waals surface area contributed by atoms with E-state index in [2.05, 4.69) is 15.9 Å². The van der Waals surface area contributed by atoms with Crippen LogP contribution in [0.5, 0.6) is 5.75 Å². The molecule has 0 heterocycles. The van der Waals surface area contributed by atoms with Gasteiger partial charge in [0.1, 0.15) is 12.0 Å². The molecule has 1 fully saturated rings. The summed E-state index contributed by atoms with van der Waals surface area (Å²) in [5.41, 5.74) is 0.668. The highest BCUT2D eigenvalue weighted by Crippen LogP contribution is 2.28. The molecular formula is C15H19BrO2. The third-order valence-corrected chi connectivity index (χ3v) is 4.22. The van der Waals surface area contributed by atoms with E-state index in [0.717, 1.165) is 35.5 Å². The summed E-state index contributed by atoms with van der Waals surface area (Å²) in [6.07, 6.45) is 8.85. The van der Waals surface area contributed by atoms with Gasteiger partial charge in [0.2, 0.25) is 0 Å². The van der Waals surface area contributed by atoms with E-state index in [0.29, 0.717) is 5.56 Å². The number of hydrogen-bond acceptors (Lipinski definition) is 2. The Morgan fingerprint density at radius 2 is 2.06 bits per heavy atom. The van der Waals surface area contributed by atoms with Gasteiger partial charge in [0, 0.05) is 5.56 Å². The zero-order valence-electron chi connectivity index (χ0n) is 10.5. The molecule has 1 saturated carbocycles. The molecule has 0 aliphatic heterocycles. The molecule has 1 aliphatic rings. The average Bonchev–Trinajstić information content (AvgIpc) is 2.42. The molecule has 1 aliphatic carbocycles. The molecule has 0 amide bonds. The highest BCUT2D eigenvalue weighted by molar-refractivity contribution is 9.10. The SMILES string of the molecule is O=Cc1ccc(OCCC2CCCCC2)c(Br)c1. The first kappa shape index (κ1) is 13.6. The molecule has 0 aromatic heterocycles. The standard InChI is InChI=1S/C15H19BrO2/c16-14-10-13(11-17)6-7-15(14)18-9-8-12-4-2-1-3-5-12/h6-7,10-12H,1-5,8-9H2. The van der Waals surface area contributed by atoms with E-state index < -0.39 is 0 Å². The first-order valence-electron chi connectivity index (χ1n) is 6.67. The number of benzene rings is 1. The minimum atomic E-state index is 0.668. The van der Waals surface area contributed by atoms with Crippen molar-refractivity contribution < 1.29 is 9.53 Å². The Bertz CT molecular complexity index is 397. The highest BCUT2D eigenvalue weighted by Gasteiger charge is 2.13. The maximum Gasteiger partial charge on any atom is 0.150 e. The molecule has 18 heavy (non-hydrogen) atoms. The van der Waals surface area contributed by atoms with Gasteiger partial charge in [-0.25, -0.2) is 0 Å². The van der Waals surface area contributed by atoms with Crippen LogP contribution in [0, 0.1) is 5.92 Å². The van der Waals surface area contributed by atoms with Gasteiger partial charge in [-0.3, -0.25) is 4.79 Å². The third-order valence-electron chi connectivity index (χ3n) is 3.60. The van der Waals surface area contributed by atoms with E-state index in [1.165, 1.54) is 32.1 Å². The van der Waals surface area contributed by atoms with Crippen LogP contribution in [0.1, 0.15) is 48.9 Å². The summed E-state index contributed by atoms with van der Waals surface area (Å²) in [6, 6.07) is 5.44. The second-order valence-electron chi connectivity index (χ2n) is 4.95. The molecule has 0 saturated heterocycles. The lowest BCUT2D eigenvalue weighted by Gasteiger charge is -2.21. The summed E-state index contributed by atoms with van der Waals surface area (Å²) in [6.45, 7) is 0.768. The first-order valence-corrected chi connectivity index (χ1v) is 7.46. The van der Waals surface area contributed by atoms with Crippen LogP contribution in [0.3, 0.4) is 0 Å². The fourth-order valence-corrected chi connectivity index (χ4v) is 3.03. The number of halogens is 1. The van der Waals surface area contributed by atoms with Crippen LogP contribution in [-0.4, -0.2) is 12.9 Å². The molecule has 0 bridgehead atoms.